The lowest BCUT2D eigenvalue weighted by molar-refractivity contribution is -0.113. The maximum Gasteiger partial charge on any atom is 0.234 e. The van der Waals surface area contributed by atoms with Crippen LogP contribution in [0.25, 0.3) is 0 Å². The summed E-state index contributed by atoms with van der Waals surface area (Å²) >= 11 is 1.44. The van der Waals surface area contributed by atoms with Gasteiger partial charge < -0.3 is 10.4 Å². The maximum absolute atomic E-state index is 13.4. The van der Waals surface area contributed by atoms with Gasteiger partial charge in [-0.2, -0.15) is 0 Å². The summed E-state index contributed by atoms with van der Waals surface area (Å²) in [4.78, 5) is 11.7. The first-order valence-corrected chi connectivity index (χ1v) is 7.65. The van der Waals surface area contributed by atoms with Crippen molar-refractivity contribution in [2.45, 2.75) is 12.4 Å². The van der Waals surface area contributed by atoms with Gasteiger partial charge in [-0.1, -0.05) is 36.4 Å². The Hall–Kier alpha value is -1.85. The van der Waals surface area contributed by atoms with E-state index < -0.39 is 5.82 Å². The fourth-order valence-corrected chi connectivity index (χ4v) is 2.60. The Morgan fingerprint density at radius 3 is 2.67 bits per heavy atom. The smallest absolute Gasteiger partial charge is 0.234 e. The van der Waals surface area contributed by atoms with Gasteiger partial charge in [0.2, 0.25) is 5.91 Å². The van der Waals surface area contributed by atoms with Gasteiger partial charge in [-0.05, 0) is 23.3 Å². The number of halogens is 1. The highest BCUT2D eigenvalue weighted by molar-refractivity contribution is 7.99. The summed E-state index contributed by atoms with van der Waals surface area (Å²) in [7, 11) is 0. The van der Waals surface area contributed by atoms with Crippen molar-refractivity contribution in [3.05, 3.63) is 65.5 Å². The number of aliphatic hydroxyl groups is 1. The second kappa shape index (κ2) is 7.81. The van der Waals surface area contributed by atoms with Gasteiger partial charge in [0, 0.05) is 5.75 Å². The molecule has 0 radical (unpaired) electrons. The molecule has 0 aliphatic carbocycles. The van der Waals surface area contributed by atoms with Gasteiger partial charge in [0.1, 0.15) is 5.82 Å². The molecule has 0 heterocycles. The molecule has 0 atom stereocenters. The Morgan fingerprint density at radius 2 is 1.90 bits per heavy atom. The molecule has 0 aliphatic heterocycles. The monoisotopic (exact) mass is 305 g/mol. The molecule has 0 bridgehead atoms. The van der Waals surface area contributed by atoms with Crippen molar-refractivity contribution in [3.63, 3.8) is 0 Å². The third-order valence-electron chi connectivity index (χ3n) is 2.82. The number of carbonyl (C=O) groups is 1. The van der Waals surface area contributed by atoms with Gasteiger partial charge in [-0.25, -0.2) is 4.39 Å². The van der Waals surface area contributed by atoms with Gasteiger partial charge in [0.25, 0.3) is 0 Å². The summed E-state index contributed by atoms with van der Waals surface area (Å²) in [5.41, 5.74) is 2.10. The van der Waals surface area contributed by atoms with Crippen molar-refractivity contribution >= 4 is 23.4 Å². The van der Waals surface area contributed by atoms with E-state index in [1.165, 1.54) is 23.9 Å². The van der Waals surface area contributed by atoms with Gasteiger partial charge in [-0.3, -0.25) is 4.79 Å². The largest absolute Gasteiger partial charge is 0.392 e. The third-order valence-corrected chi connectivity index (χ3v) is 3.83. The Kier molecular flexibility index (Phi) is 5.78. The zero-order chi connectivity index (χ0) is 15.1. The van der Waals surface area contributed by atoms with Crippen LogP contribution in [0.15, 0.2) is 48.5 Å². The van der Waals surface area contributed by atoms with Gasteiger partial charge in [0.15, 0.2) is 0 Å². The van der Waals surface area contributed by atoms with Crippen LogP contribution >= 0.6 is 11.8 Å². The van der Waals surface area contributed by atoms with E-state index in [-0.39, 0.29) is 24.0 Å². The summed E-state index contributed by atoms with van der Waals surface area (Å²) in [5.74, 6) is 0.242. The predicted molar refractivity (Wildman–Crippen MR) is 83.6 cm³/mol. The topological polar surface area (TPSA) is 49.3 Å². The second-order valence-electron chi connectivity index (χ2n) is 4.50. The van der Waals surface area contributed by atoms with Crippen molar-refractivity contribution in [3.8, 4) is 0 Å². The highest BCUT2D eigenvalue weighted by Crippen LogP contribution is 2.16. The van der Waals surface area contributed by atoms with Crippen LogP contribution in [0.1, 0.15) is 11.1 Å². The van der Waals surface area contributed by atoms with Crippen molar-refractivity contribution in [1.82, 2.24) is 0 Å². The normalized spacial score (nSPS) is 10.4. The summed E-state index contributed by atoms with van der Waals surface area (Å²) < 4.78 is 13.4. The van der Waals surface area contributed by atoms with Crippen molar-refractivity contribution < 1.29 is 14.3 Å². The lowest BCUT2D eigenvalue weighted by Gasteiger charge is -2.06. The zero-order valence-electron chi connectivity index (χ0n) is 11.4. The number of para-hydroxylation sites is 1. The Bertz CT molecular complexity index is 619. The molecule has 0 aliphatic rings. The van der Waals surface area contributed by atoms with E-state index in [0.717, 1.165) is 11.1 Å². The predicted octanol–water partition coefficient (Wildman–Crippen LogP) is 3.19. The first-order chi connectivity index (χ1) is 10.2. The molecule has 110 valence electrons. The minimum absolute atomic E-state index is 0.00623. The Morgan fingerprint density at radius 1 is 1.14 bits per heavy atom. The molecule has 21 heavy (non-hydrogen) atoms. The first-order valence-electron chi connectivity index (χ1n) is 6.50. The van der Waals surface area contributed by atoms with Crippen LogP contribution < -0.4 is 5.32 Å². The van der Waals surface area contributed by atoms with E-state index in [2.05, 4.69) is 5.32 Å². The van der Waals surface area contributed by atoms with Crippen molar-refractivity contribution in [2.24, 2.45) is 0 Å². The van der Waals surface area contributed by atoms with Gasteiger partial charge >= 0.3 is 0 Å². The molecule has 3 nitrogen and oxygen atoms in total. The number of aliphatic hydroxyl groups excluding tert-OH is 1. The molecule has 1 amide bonds. The van der Waals surface area contributed by atoms with Crippen LogP contribution in [0.4, 0.5) is 10.1 Å². The summed E-state index contributed by atoms with van der Waals surface area (Å²) in [6.07, 6.45) is 0. The first kappa shape index (κ1) is 15.5. The molecule has 0 aromatic heterocycles. The van der Waals surface area contributed by atoms with Crippen LogP contribution in [0, 0.1) is 5.82 Å². The lowest BCUT2D eigenvalue weighted by atomic mass is 10.1. The molecule has 0 saturated carbocycles. The lowest BCUT2D eigenvalue weighted by Crippen LogP contribution is -2.15. The standard InChI is InChI=1S/C16H16FNO2S/c17-14-6-1-2-7-15(14)18-16(20)11-21-10-13-5-3-4-12(8-13)9-19/h1-8,19H,9-11H2,(H,18,20). The number of carbonyl (C=O) groups excluding carboxylic acids is 1. The fraction of sp³-hybridized carbons (Fsp3) is 0.188. The van der Waals surface area contributed by atoms with E-state index in [0.29, 0.717) is 5.75 Å². The van der Waals surface area contributed by atoms with E-state index in [1.54, 1.807) is 12.1 Å². The van der Waals surface area contributed by atoms with Crippen LogP contribution in [-0.2, 0) is 17.2 Å². The maximum atomic E-state index is 13.4. The molecular weight excluding hydrogens is 289 g/mol. The highest BCUT2D eigenvalue weighted by atomic mass is 32.2. The number of anilines is 1. The van der Waals surface area contributed by atoms with Crippen molar-refractivity contribution in [2.75, 3.05) is 11.1 Å². The second-order valence-corrected chi connectivity index (χ2v) is 5.48. The summed E-state index contributed by atoms with van der Waals surface area (Å²) in [5, 5.41) is 11.6. The van der Waals surface area contributed by atoms with Crippen LogP contribution in [-0.4, -0.2) is 16.8 Å². The minimum Gasteiger partial charge on any atom is -0.392 e. The average Bonchev–Trinajstić information content (AvgIpc) is 2.50. The third kappa shape index (κ3) is 4.88. The molecule has 2 N–H and O–H groups in total. The number of rotatable bonds is 6. The molecule has 0 spiro atoms. The number of thioether (sulfide) groups is 1. The van der Waals surface area contributed by atoms with Crippen LogP contribution in [0.2, 0.25) is 0 Å². The molecule has 2 rings (SSSR count). The molecule has 0 saturated heterocycles. The van der Waals surface area contributed by atoms with E-state index in [4.69, 9.17) is 5.11 Å². The van der Waals surface area contributed by atoms with Gasteiger partial charge in [-0.15, -0.1) is 11.8 Å². The van der Waals surface area contributed by atoms with Crippen molar-refractivity contribution in [1.29, 1.82) is 0 Å². The van der Waals surface area contributed by atoms with E-state index in [1.807, 2.05) is 24.3 Å². The molecule has 0 fully saturated rings. The Balaban J connectivity index is 1.80. The zero-order valence-corrected chi connectivity index (χ0v) is 12.2. The number of benzene rings is 2. The average molecular weight is 305 g/mol. The number of hydrogen-bond acceptors (Lipinski definition) is 3. The Labute approximate surface area is 127 Å². The van der Waals surface area contributed by atoms with Crippen LogP contribution in [0.3, 0.4) is 0 Å². The molecule has 2 aromatic carbocycles. The quantitative estimate of drug-likeness (QED) is 0.861. The molecular formula is C16H16FNO2S. The number of hydrogen-bond donors (Lipinski definition) is 2. The van der Waals surface area contributed by atoms with E-state index in [9.17, 15) is 9.18 Å². The number of amides is 1. The SMILES string of the molecule is O=C(CSCc1cccc(CO)c1)Nc1ccccc1F. The fourth-order valence-electron chi connectivity index (χ4n) is 1.83. The molecule has 2 aromatic rings. The summed E-state index contributed by atoms with van der Waals surface area (Å²) in [6, 6.07) is 13.7. The number of nitrogens with one attached hydrogen (secondary N) is 1. The molecule has 5 heteroatoms. The minimum atomic E-state index is -0.438. The van der Waals surface area contributed by atoms with Crippen LogP contribution in [0.5, 0.6) is 0 Å². The molecule has 0 unspecified atom stereocenters. The van der Waals surface area contributed by atoms with E-state index >= 15 is 0 Å². The highest BCUT2D eigenvalue weighted by Gasteiger charge is 2.06. The van der Waals surface area contributed by atoms with Gasteiger partial charge in [0.05, 0.1) is 18.0 Å². The summed E-state index contributed by atoms with van der Waals surface area (Å²) in [6.45, 7) is 0.00623.